The fraction of sp³-hybridized carbons (Fsp3) is 0.440. The number of hydrogen-bond acceptors (Lipinski definition) is 7. The molecular formula is C25H26F2N4O4. The monoisotopic (exact) mass is 484 g/mol. The molecule has 0 unspecified atom stereocenters. The molecule has 4 heterocycles. The van der Waals surface area contributed by atoms with Crippen molar-refractivity contribution in [1.29, 1.82) is 0 Å². The third kappa shape index (κ3) is 5.38. The van der Waals surface area contributed by atoms with Crippen molar-refractivity contribution in [1.82, 2.24) is 19.9 Å². The summed E-state index contributed by atoms with van der Waals surface area (Å²) in [6, 6.07) is 10.2. The zero-order chi connectivity index (χ0) is 24.2. The predicted octanol–water partition coefficient (Wildman–Crippen LogP) is 3.46. The molecule has 0 spiro atoms. The highest BCUT2D eigenvalue weighted by Crippen LogP contribution is 2.31. The SMILES string of the molecule is O=C(C(F)F)N1CCO[C@H](COc2nc(-c3ccc(C4CCOCC4)cc3)cc3nccnc23)C1. The first-order valence-corrected chi connectivity index (χ1v) is 11.7. The molecule has 0 saturated carbocycles. The molecule has 5 rings (SSSR count). The molecule has 1 atom stereocenters. The van der Waals surface area contributed by atoms with Gasteiger partial charge in [-0.2, -0.15) is 8.78 Å². The fourth-order valence-corrected chi connectivity index (χ4v) is 4.48. The van der Waals surface area contributed by atoms with Crippen LogP contribution in [-0.2, 0) is 14.3 Å². The number of fused-ring (bicyclic) bond motifs is 1. The van der Waals surface area contributed by atoms with E-state index in [4.69, 9.17) is 14.2 Å². The minimum absolute atomic E-state index is 0.0279. The van der Waals surface area contributed by atoms with Crippen LogP contribution in [-0.4, -0.2) is 77.8 Å². The zero-order valence-electron chi connectivity index (χ0n) is 19.1. The van der Waals surface area contributed by atoms with Crippen LogP contribution >= 0.6 is 0 Å². The molecule has 0 radical (unpaired) electrons. The van der Waals surface area contributed by atoms with E-state index in [2.05, 4.69) is 27.1 Å². The largest absolute Gasteiger partial charge is 0.473 e. The number of carbonyl (C=O) groups excluding carboxylic acids is 1. The molecule has 1 aromatic carbocycles. The number of halogens is 2. The summed E-state index contributed by atoms with van der Waals surface area (Å²) in [5.74, 6) is -0.418. The number of amides is 1. The van der Waals surface area contributed by atoms with Crippen LogP contribution in [0.4, 0.5) is 8.78 Å². The number of carbonyl (C=O) groups is 1. The van der Waals surface area contributed by atoms with Gasteiger partial charge in [-0.25, -0.2) is 9.97 Å². The Bertz CT molecular complexity index is 1170. The van der Waals surface area contributed by atoms with Crippen molar-refractivity contribution < 1.29 is 27.8 Å². The topological polar surface area (TPSA) is 86.7 Å². The Kier molecular flexibility index (Phi) is 7.10. The van der Waals surface area contributed by atoms with Crippen LogP contribution in [0.3, 0.4) is 0 Å². The number of pyridine rings is 1. The van der Waals surface area contributed by atoms with Crippen molar-refractivity contribution in [3.8, 4) is 17.1 Å². The van der Waals surface area contributed by atoms with Gasteiger partial charge in [0.1, 0.15) is 12.7 Å². The van der Waals surface area contributed by atoms with Crippen molar-refractivity contribution in [2.45, 2.75) is 31.3 Å². The van der Waals surface area contributed by atoms with Gasteiger partial charge in [0.15, 0.2) is 5.52 Å². The average Bonchev–Trinajstić information content (AvgIpc) is 2.92. The van der Waals surface area contributed by atoms with Gasteiger partial charge in [0.2, 0.25) is 5.88 Å². The van der Waals surface area contributed by atoms with Crippen LogP contribution in [0.25, 0.3) is 22.3 Å². The van der Waals surface area contributed by atoms with E-state index in [-0.39, 0.29) is 32.2 Å². The molecule has 3 aromatic rings. The quantitative estimate of drug-likeness (QED) is 0.530. The number of aromatic nitrogens is 3. The normalized spacial score (nSPS) is 19.3. The van der Waals surface area contributed by atoms with Crippen molar-refractivity contribution in [2.24, 2.45) is 0 Å². The maximum absolute atomic E-state index is 12.8. The lowest BCUT2D eigenvalue weighted by atomic mass is 9.91. The summed E-state index contributed by atoms with van der Waals surface area (Å²) >= 11 is 0. The highest BCUT2D eigenvalue weighted by Gasteiger charge is 2.30. The first-order valence-electron chi connectivity index (χ1n) is 11.7. The van der Waals surface area contributed by atoms with Crippen molar-refractivity contribution in [3.63, 3.8) is 0 Å². The van der Waals surface area contributed by atoms with E-state index in [9.17, 15) is 13.6 Å². The summed E-state index contributed by atoms with van der Waals surface area (Å²) < 4.78 is 42.7. The number of ether oxygens (including phenoxy) is 3. The fourth-order valence-electron chi connectivity index (χ4n) is 4.48. The van der Waals surface area contributed by atoms with Crippen LogP contribution in [0, 0.1) is 0 Å². The number of nitrogens with zero attached hydrogens (tertiary/aromatic N) is 4. The van der Waals surface area contributed by atoms with E-state index in [0.29, 0.717) is 22.6 Å². The van der Waals surface area contributed by atoms with Gasteiger partial charge in [-0.1, -0.05) is 24.3 Å². The molecule has 2 saturated heterocycles. The predicted molar refractivity (Wildman–Crippen MR) is 123 cm³/mol. The van der Waals surface area contributed by atoms with Gasteiger partial charge in [0.25, 0.3) is 5.91 Å². The lowest BCUT2D eigenvalue weighted by Crippen LogP contribution is -2.49. The first-order chi connectivity index (χ1) is 17.1. The maximum atomic E-state index is 12.8. The second-order valence-electron chi connectivity index (χ2n) is 8.63. The molecule has 2 aromatic heterocycles. The Balaban J connectivity index is 1.35. The number of rotatable bonds is 6. The standard InChI is InChI=1S/C25H26F2N4O4/c26-23(27)25(32)31-9-12-34-19(14-31)15-35-24-22-21(28-7-8-29-22)13-20(30-24)18-3-1-16(2-4-18)17-5-10-33-11-6-17/h1-4,7-8,13,17,19,23H,5-6,9-12,14-15H2/t19-/m0/s1. The second kappa shape index (κ2) is 10.6. The van der Waals surface area contributed by atoms with Gasteiger partial charge in [-0.3, -0.25) is 9.78 Å². The van der Waals surface area contributed by atoms with E-state index in [0.717, 1.165) is 36.5 Å². The highest BCUT2D eigenvalue weighted by atomic mass is 19.3. The lowest BCUT2D eigenvalue weighted by molar-refractivity contribution is -0.151. The van der Waals surface area contributed by atoms with E-state index >= 15 is 0 Å². The third-order valence-corrected chi connectivity index (χ3v) is 6.37. The van der Waals surface area contributed by atoms with E-state index < -0.39 is 18.4 Å². The number of benzene rings is 1. The van der Waals surface area contributed by atoms with E-state index in [1.807, 2.05) is 18.2 Å². The van der Waals surface area contributed by atoms with Crippen LogP contribution in [0.1, 0.15) is 24.3 Å². The van der Waals surface area contributed by atoms with Crippen LogP contribution in [0.2, 0.25) is 0 Å². The van der Waals surface area contributed by atoms with E-state index in [1.165, 1.54) is 5.56 Å². The molecule has 1 amide bonds. The first kappa shape index (κ1) is 23.5. The minimum atomic E-state index is -3.04. The van der Waals surface area contributed by atoms with E-state index in [1.54, 1.807) is 12.4 Å². The smallest absolute Gasteiger partial charge is 0.315 e. The molecular weight excluding hydrogens is 458 g/mol. The molecule has 2 aliphatic heterocycles. The lowest BCUT2D eigenvalue weighted by Gasteiger charge is -2.32. The van der Waals surface area contributed by atoms with Gasteiger partial charge in [-0.15, -0.1) is 0 Å². The summed E-state index contributed by atoms with van der Waals surface area (Å²) in [6.45, 7) is 1.94. The highest BCUT2D eigenvalue weighted by molar-refractivity contribution is 5.83. The molecule has 0 aliphatic carbocycles. The van der Waals surface area contributed by atoms with Crippen LogP contribution in [0.15, 0.2) is 42.7 Å². The molecule has 0 N–H and O–H groups in total. The summed E-state index contributed by atoms with van der Waals surface area (Å²) in [5, 5.41) is 0. The van der Waals surface area contributed by atoms with Crippen molar-refractivity contribution >= 4 is 16.9 Å². The molecule has 0 bridgehead atoms. The Labute approximate surface area is 201 Å². The Morgan fingerprint density at radius 3 is 2.66 bits per heavy atom. The Morgan fingerprint density at radius 2 is 1.89 bits per heavy atom. The molecule has 10 heteroatoms. The molecule has 184 valence electrons. The van der Waals surface area contributed by atoms with Crippen molar-refractivity contribution in [2.75, 3.05) is 39.5 Å². The summed E-state index contributed by atoms with van der Waals surface area (Å²) in [6.07, 6.45) is 1.60. The van der Waals surface area contributed by atoms with Gasteiger partial charge < -0.3 is 19.1 Å². The summed E-state index contributed by atoms with van der Waals surface area (Å²) in [4.78, 5) is 26.2. The number of alkyl halides is 2. The van der Waals surface area contributed by atoms with Crippen molar-refractivity contribution in [3.05, 3.63) is 48.3 Å². The zero-order valence-corrected chi connectivity index (χ0v) is 19.1. The molecule has 35 heavy (non-hydrogen) atoms. The summed E-state index contributed by atoms with van der Waals surface area (Å²) in [5.41, 5.74) is 4.00. The van der Waals surface area contributed by atoms with Crippen LogP contribution in [0.5, 0.6) is 5.88 Å². The van der Waals surface area contributed by atoms with Gasteiger partial charge >= 0.3 is 6.43 Å². The molecule has 8 nitrogen and oxygen atoms in total. The average molecular weight is 485 g/mol. The molecule has 2 fully saturated rings. The Morgan fingerprint density at radius 1 is 1.11 bits per heavy atom. The molecule has 2 aliphatic rings. The maximum Gasteiger partial charge on any atom is 0.315 e. The van der Waals surface area contributed by atoms with Crippen LogP contribution < -0.4 is 4.74 Å². The van der Waals surface area contributed by atoms with Gasteiger partial charge in [0.05, 0.1) is 24.4 Å². The minimum Gasteiger partial charge on any atom is -0.473 e. The van der Waals surface area contributed by atoms with Gasteiger partial charge in [0, 0.05) is 37.7 Å². The Hall–Kier alpha value is -3.24. The second-order valence-corrected chi connectivity index (χ2v) is 8.63. The number of hydrogen-bond donors (Lipinski definition) is 0. The third-order valence-electron chi connectivity index (χ3n) is 6.37. The summed E-state index contributed by atoms with van der Waals surface area (Å²) in [7, 11) is 0. The van der Waals surface area contributed by atoms with Gasteiger partial charge in [-0.05, 0) is 30.4 Å². The number of morpholine rings is 1.